The Morgan fingerprint density at radius 1 is 0.593 bits per heavy atom. The monoisotopic (exact) mass is 939 g/mol. The van der Waals surface area contributed by atoms with Gasteiger partial charge in [-0.15, -0.1) is 23.8 Å². The minimum Gasteiger partial charge on any atom is -0.366 e. The Balaban J connectivity index is 0.000000484. The first-order valence-electron chi connectivity index (χ1n) is 19.5. The number of hydrogen-bond acceptors (Lipinski definition) is 1. The second-order valence-electron chi connectivity index (χ2n) is 15.3. The predicted octanol–water partition coefficient (Wildman–Crippen LogP) is 12.3. The fourth-order valence-corrected chi connectivity index (χ4v) is 7.66. The van der Waals surface area contributed by atoms with Crippen molar-refractivity contribution in [3.05, 3.63) is 218 Å². The summed E-state index contributed by atoms with van der Waals surface area (Å²) >= 11 is 0. The van der Waals surface area contributed by atoms with Gasteiger partial charge >= 0.3 is 0 Å². The average Bonchev–Trinajstić information content (AvgIpc) is 3.83. The topological polar surface area (TPSA) is 26.6 Å². The molecule has 0 spiro atoms. The third-order valence-electron chi connectivity index (χ3n) is 10.5. The molecule has 0 saturated carbocycles. The van der Waals surface area contributed by atoms with Crippen LogP contribution in [-0.2, 0) is 26.5 Å². The largest absolute Gasteiger partial charge is 0.366 e. The summed E-state index contributed by atoms with van der Waals surface area (Å²) in [6.07, 6.45) is 12.4. The van der Waals surface area contributed by atoms with Gasteiger partial charge in [-0.2, -0.15) is 17.7 Å². The van der Waals surface area contributed by atoms with Crippen LogP contribution in [0.4, 0.5) is 0 Å². The first-order chi connectivity index (χ1) is 28.4. The van der Waals surface area contributed by atoms with Gasteiger partial charge in [0.1, 0.15) is 5.65 Å². The molecule has 3 heterocycles. The molecule has 59 heavy (non-hydrogen) atoms. The Morgan fingerprint density at radius 2 is 1.15 bits per heavy atom. The van der Waals surface area contributed by atoms with Crippen molar-refractivity contribution in [2.75, 3.05) is 0 Å². The number of para-hydroxylation sites is 4. The van der Waals surface area contributed by atoms with Crippen LogP contribution in [0.15, 0.2) is 188 Å². The van der Waals surface area contributed by atoms with Crippen molar-refractivity contribution in [1.82, 2.24) is 14.1 Å². The molecule has 0 bridgehead atoms. The quantitative estimate of drug-likeness (QED) is 0.0959. The number of rotatable bonds is 5. The van der Waals surface area contributed by atoms with Crippen molar-refractivity contribution < 1.29 is 25.6 Å². The van der Waals surface area contributed by atoms with E-state index in [-0.39, 0.29) is 26.5 Å². The molecule has 10 rings (SSSR count). The Hall–Kier alpha value is -6.79. The van der Waals surface area contributed by atoms with E-state index in [2.05, 4.69) is 198 Å². The van der Waals surface area contributed by atoms with Crippen LogP contribution >= 0.6 is 0 Å². The number of hydrogen-bond donors (Lipinski definition) is 0. The molecule has 7 aromatic carbocycles. The van der Waals surface area contributed by atoms with Crippen LogP contribution in [0.25, 0.3) is 72.3 Å². The molecule has 288 valence electrons. The first kappa shape index (κ1) is 39.1. The van der Waals surface area contributed by atoms with Crippen molar-refractivity contribution in [3.8, 4) is 45.2 Å². The van der Waals surface area contributed by atoms with E-state index >= 15 is 0 Å². The maximum atomic E-state index is 6.69. The standard InChI is InChI=1S/C46H35N4.C8H5.Pt/c1-46(2,3)34-28-35(30-36(29-34)50-41-24-11-10-20-39(41)40-23-15-27-47-45(40)50)48-31-49(43-26-13-12-25-42(43)48)44-37(32-16-6-4-7-17-32)21-14-22-38(44)33-18-8-5-9-19-33;1-2-8-6-4-3-5-7-8;/h4-29H,1-3H3;3-7H;/q2*-1;. The Morgan fingerprint density at radius 3 is 1.78 bits per heavy atom. The van der Waals surface area contributed by atoms with E-state index in [0.29, 0.717) is 0 Å². The van der Waals surface area contributed by atoms with Gasteiger partial charge in [0.15, 0.2) is 0 Å². The molecule has 0 aliphatic rings. The van der Waals surface area contributed by atoms with Crippen LogP contribution < -0.4 is 4.57 Å². The van der Waals surface area contributed by atoms with E-state index in [1.165, 1.54) is 10.9 Å². The Labute approximate surface area is 360 Å². The van der Waals surface area contributed by atoms with E-state index in [1.54, 1.807) is 0 Å². The zero-order valence-electron chi connectivity index (χ0n) is 33.0. The van der Waals surface area contributed by atoms with E-state index in [9.17, 15) is 0 Å². The molecule has 0 N–H and O–H groups in total. The Kier molecular flexibility index (Phi) is 11.0. The maximum absolute atomic E-state index is 6.69. The number of benzene rings is 7. The van der Waals surface area contributed by atoms with Gasteiger partial charge in [-0.1, -0.05) is 166 Å². The number of fused-ring (bicyclic) bond motifs is 4. The molecule has 5 heteroatoms. The van der Waals surface area contributed by atoms with E-state index in [1.807, 2.05) is 42.6 Å². The van der Waals surface area contributed by atoms with Gasteiger partial charge in [0.05, 0.1) is 22.2 Å². The van der Waals surface area contributed by atoms with E-state index in [0.717, 1.165) is 72.5 Å². The van der Waals surface area contributed by atoms with Gasteiger partial charge in [0, 0.05) is 38.0 Å². The molecule has 4 nitrogen and oxygen atoms in total. The van der Waals surface area contributed by atoms with Gasteiger partial charge in [0.2, 0.25) is 0 Å². The average molecular weight is 940 g/mol. The van der Waals surface area contributed by atoms with Crippen molar-refractivity contribution in [3.63, 3.8) is 0 Å². The van der Waals surface area contributed by atoms with Gasteiger partial charge in [-0.3, -0.25) is 10.5 Å². The van der Waals surface area contributed by atoms with Crippen LogP contribution in [0.2, 0.25) is 0 Å². The van der Waals surface area contributed by atoms with E-state index < -0.39 is 0 Å². The third-order valence-corrected chi connectivity index (χ3v) is 10.5. The van der Waals surface area contributed by atoms with E-state index in [4.69, 9.17) is 11.4 Å². The number of aromatic nitrogens is 4. The van der Waals surface area contributed by atoms with Crippen molar-refractivity contribution >= 4 is 33.0 Å². The summed E-state index contributed by atoms with van der Waals surface area (Å²) in [7, 11) is 0. The van der Waals surface area contributed by atoms with Gasteiger partial charge < -0.3 is 15.6 Å². The molecule has 0 aliphatic heterocycles. The Bertz CT molecular complexity index is 2980. The SMILES string of the molecule is CC(C)(C)c1cc(-n2[c-][n+](-c3c(-c4ccccc4)cccc3-c3ccccc3)c3ccccc32)[c-]c(-n2c3ccccc3c3cccnc32)c1.[C-]#Cc1ccccc1.[Pt]. The predicted molar refractivity (Wildman–Crippen MR) is 237 cm³/mol. The molecule has 0 amide bonds. The molecule has 10 aromatic rings. The molecular formula is C54H40N4Pt-2. The van der Waals surface area contributed by atoms with Crippen molar-refractivity contribution in [2.24, 2.45) is 0 Å². The minimum atomic E-state index is -0.121. The van der Waals surface area contributed by atoms with Crippen LogP contribution in [0, 0.1) is 24.7 Å². The van der Waals surface area contributed by atoms with Gasteiger partial charge in [0.25, 0.3) is 6.33 Å². The third kappa shape index (κ3) is 7.54. The normalized spacial score (nSPS) is 11.2. The minimum absolute atomic E-state index is 0. The maximum Gasteiger partial charge on any atom is 0.268 e. The molecule has 0 atom stereocenters. The van der Waals surface area contributed by atoms with Crippen LogP contribution in [-0.4, -0.2) is 14.1 Å². The summed E-state index contributed by atoms with van der Waals surface area (Å²) < 4.78 is 6.66. The van der Waals surface area contributed by atoms with Crippen LogP contribution in [0.3, 0.4) is 0 Å². The summed E-state index contributed by atoms with van der Waals surface area (Å²) in [5.74, 6) is 2.28. The van der Waals surface area contributed by atoms with Gasteiger partial charge in [-0.05, 0) is 51.6 Å². The summed E-state index contributed by atoms with van der Waals surface area (Å²) in [6.45, 7) is 6.79. The second kappa shape index (κ2) is 16.6. The molecule has 0 aliphatic carbocycles. The molecule has 0 fully saturated rings. The molecular weight excluding hydrogens is 900 g/mol. The summed E-state index contributed by atoms with van der Waals surface area (Å²) in [6, 6.07) is 66.9. The summed E-state index contributed by atoms with van der Waals surface area (Å²) in [4.78, 5) is 4.88. The zero-order valence-corrected chi connectivity index (χ0v) is 35.3. The van der Waals surface area contributed by atoms with Crippen molar-refractivity contribution in [1.29, 1.82) is 0 Å². The van der Waals surface area contributed by atoms with Crippen LogP contribution in [0.5, 0.6) is 0 Å². The first-order valence-corrected chi connectivity index (χ1v) is 19.5. The zero-order chi connectivity index (χ0) is 39.6. The number of nitrogens with zero attached hydrogens (tertiary/aromatic N) is 4. The number of pyridine rings is 1. The summed E-state index contributed by atoms with van der Waals surface area (Å²) in [5.41, 5.74) is 13.6. The number of imidazole rings is 1. The van der Waals surface area contributed by atoms with Crippen molar-refractivity contribution in [2.45, 2.75) is 26.2 Å². The fourth-order valence-electron chi connectivity index (χ4n) is 7.66. The molecule has 0 unspecified atom stereocenters. The molecule has 3 aromatic heterocycles. The second-order valence-corrected chi connectivity index (χ2v) is 15.3. The molecule has 0 saturated heterocycles. The smallest absolute Gasteiger partial charge is 0.268 e. The molecule has 0 radical (unpaired) electrons. The fraction of sp³-hybridized carbons (Fsp3) is 0.0741. The van der Waals surface area contributed by atoms with Gasteiger partial charge in [-0.25, -0.2) is 4.98 Å². The summed E-state index contributed by atoms with van der Waals surface area (Å²) in [5, 5.41) is 2.30. The van der Waals surface area contributed by atoms with Crippen LogP contribution in [0.1, 0.15) is 31.9 Å².